The van der Waals surface area contributed by atoms with Gasteiger partial charge in [0.05, 0.1) is 12.7 Å². The molecule has 0 atom stereocenters. The van der Waals surface area contributed by atoms with Crippen LogP contribution in [0, 0.1) is 0 Å². The smallest absolute Gasteiger partial charge is 0.257 e. The number of nitrogens with one attached hydrogen (secondary N) is 1. The summed E-state index contributed by atoms with van der Waals surface area (Å²) in [5.41, 5.74) is 2.66. The lowest BCUT2D eigenvalue weighted by molar-refractivity contribution is 0.0784. The monoisotopic (exact) mass is 376 g/mol. The second-order valence-corrected chi connectivity index (χ2v) is 6.43. The van der Waals surface area contributed by atoms with Crippen molar-refractivity contribution in [3.63, 3.8) is 0 Å². The molecule has 6 heteroatoms. The van der Waals surface area contributed by atoms with Crippen molar-refractivity contribution < 1.29 is 9.53 Å². The molecule has 1 aromatic heterocycles. The number of nitrogens with zero attached hydrogens (tertiary/aromatic N) is 3. The van der Waals surface area contributed by atoms with E-state index in [0.717, 1.165) is 23.3 Å². The van der Waals surface area contributed by atoms with E-state index in [2.05, 4.69) is 15.3 Å². The summed E-state index contributed by atoms with van der Waals surface area (Å²) in [5, 5.41) is 3.18. The summed E-state index contributed by atoms with van der Waals surface area (Å²) in [6.45, 7) is 1.21. The first-order valence-corrected chi connectivity index (χ1v) is 9.14. The van der Waals surface area contributed by atoms with E-state index in [-0.39, 0.29) is 5.91 Å². The number of para-hydroxylation sites is 1. The maximum Gasteiger partial charge on any atom is 0.257 e. The van der Waals surface area contributed by atoms with Gasteiger partial charge in [0.2, 0.25) is 5.95 Å². The van der Waals surface area contributed by atoms with Gasteiger partial charge in [0.25, 0.3) is 5.91 Å². The van der Waals surface area contributed by atoms with Crippen LogP contribution in [0.5, 0.6) is 5.75 Å². The van der Waals surface area contributed by atoms with Gasteiger partial charge in [-0.15, -0.1) is 0 Å². The van der Waals surface area contributed by atoms with Crippen LogP contribution in [0.3, 0.4) is 0 Å². The summed E-state index contributed by atoms with van der Waals surface area (Å²) < 4.78 is 5.35. The third-order valence-electron chi connectivity index (χ3n) is 4.38. The Morgan fingerprint density at radius 3 is 2.43 bits per heavy atom. The van der Waals surface area contributed by atoms with Crippen molar-refractivity contribution in [2.24, 2.45) is 0 Å². The molecule has 1 amide bonds. The number of carbonyl (C=O) groups excluding carboxylic acids is 1. The Hall–Kier alpha value is -3.41. The summed E-state index contributed by atoms with van der Waals surface area (Å²) in [5.74, 6) is 1.26. The Morgan fingerprint density at radius 1 is 1.04 bits per heavy atom. The first kappa shape index (κ1) is 19.4. The van der Waals surface area contributed by atoms with Crippen molar-refractivity contribution in [1.29, 1.82) is 0 Å². The normalized spacial score (nSPS) is 10.4. The minimum absolute atomic E-state index is 0.107. The third kappa shape index (κ3) is 5.07. The number of carbonyl (C=O) groups is 1. The Morgan fingerprint density at radius 2 is 1.71 bits per heavy atom. The molecule has 0 bridgehead atoms. The summed E-state index contributed by atoms with van der Waals surface area (Å²) in [6.07, 6.45) is 3.90. The Bertz CT molecular complexity index is 898. The van der Waals surface area contributed by atoms with Crippen molar-refractivity contribution >= 4 is 11.9 Å². The molecule has 0 radical (unpaired) electrons. The highest BCUT2D eigenvalue weighted by molar-refractivity contribution is 5.93. The largest absolute Gasteiger partial charge is 0.496 e. The number of methoxy groups -OCH3 is 1. The van der Waals surface area contributed by atoms with Crippen LogP contribution in [0.1, 0.15) is 21.5 Å². The molecule has 0 aliphatic heterocycles. The van der Waals surface area contributed by atoms with Gasteiger partial charge in [0.15, 0.2) is 0 Å². The van der Waals surface area contributed by atoms with Crippen LogP contribution in [-0.4, -0.2) is 41.5 Å². The molecule has 3 aromatic rings. The van der Waals surface area contributed by atoms with E-state index in [4.69, 9.17) is 4.74 Å². The van der Waals surface area contributed by atoms with Crippen LogP contribution in [-0.2, 0) is 13.0 Å². The molecule has 0 unspecified atom stereocenters. The summed E-state index contributed by atoms with van der Waals surface area (Å²) in [7, 11) is 3.44. The van der Waals surface area contributed by atoms with E-state index < -0.39 is 0 Å². The molecule has 144 valence electrons. The molecule has 0 fully saturated rings. The second kappa shape index (κ2) is 9.50. The third-order valence-corrected chi connectivity index (χ3v) is 4.38. The molecule has 0 aliphatic rings. The molecule has 0 saturated heterocycles. The van der Waals surface area contributed by atoms with Crippen LogP contribution in [0.15, 0.2) is 67.0 Å². The molecule has 0 saturated carbocycles. The van der Waals surface area contributed by atoms with Crippen molar-refractivity contribution in [3.8, 4) is 5.75 Å². The summed E-state index contributed by atoms with van der Waals surface area (Å²) in [4.78, 5) is 22.7. The van der Waals surface area contributed by atoms with Crippen LogP contribution in [0.25, 0.3) is 0 Å². The van der Waals surface area contributed by atoms with Crippen LogP contribution < -0.4 is 10.1 Å². The lowest BCUT2D eigenvalue weighted by atomic mass is 10.1. The minimum atomic E-state index is -0.107. The van der Waals surface area contributed by atoms with Gasteiger partial charge in [0.1, 0.15) is 5.75 Å². The number of anilines is 1. The first-order chi connectivity index (χ1) is 13.7. The fraction of sp³-hybridized carbons (Fsp3) is 0.227. The highest BCUT2D eigenvalue weighted by Crippen LogP contribution is 2.17. The highest BCUT2D eigenvalue weighted by Gasteiger charge is 2.13. The predicted molar refractivity (Wildman–Crippen MR) is 109 cm³/mol. The van der Waals surface area contributed by atoms with Gasteiger partial charge in [-0.05, 0) is 23.6 Å². The van der Waals surface area contributed by atoms with Gasteiger partial charge in [-0.3, -0.25) is 4.79 Å². The van der Waals surface area contributed by atoms with Gasteiger partial charge in [-0.1, -0.05) is 48.5 Å². The number of ether oxygens (including phenoxy) is 1. The average molecular weight is 376 g/mol. The fourth-order valence-electron chi connectivity index (χ4n) is 2.90. The SMILES string of the molecule is COc1ccccc1CCNc1ncc(C(=O)N(C)Cc2ccccc2)cn1. The second-order valence-electron chi connectivity index (χ2n) is 6.43. The zero-order valence-electron chi connectivity index (χ0n) is 16.1. The van der Waals surface area contributed by atoms with Crippen molar-refractivity contribution in [3.05, 3.63) is 83.7 Å². The Balaban J connectivity index is 1.53. The van der Waals surface area contributed by atoms with E-state index in [1.165, 1.54) is 0 Å². The highest BCUT2D eigenvalue weighted by atomic mass is 16.5. The van der Waals surface area contributed by atoms with Gasteiger partial charge in [-0.25, -0.2) is 9.97 Å². The van der Waals surface area contributed by atoms with Gasteiger partial charge in [0, 0.05) is 32.5 Å². The molecule has 3 rings (SSSR count). The fourth-order valence-corrected chi connectivity index (χ4v) is 2.90. The van der Waals surface area contributed by atoms with Crippen molar-refractivity contribution in [1.82, 2.24) is 14.9 Å². The molecular formula is C22H24N4O2. The van der Waals surface area contributed by atoms with E-state index in [1.54, 1.807) is 31.5 Å². The lowest BCUT2D eigenvalue weighted by Gasteiger charge is -2.17. The minimum Gasteiger partial charge on any atom is -0.496 e. The van der Waals surface area contributed by atoms with Crippen LogP contribution in [0.2, 0.25) is 0 Å². The van der Waals surface area contributed by atoms with Gasteiger partial charge < -0.3 is 15.0 Å². The molecule has 28 heavy (non-hydrogen) atoms. The number of aromatic nitrogens is 2. The number of amides is 1. The molecule has 1 heterocycles. The number of benzene rings is 2. The van der Waals surface area contributed by atoms with E-state index in [0.29, 0.717) is 24.6 Å². The summed E-state index contributed by atoms with van der Waals surface area (Å²) >= 11 is 0. The number of hydrogen-bond acceptors (Lipinski definition) is 5. The van der Waals surface area contributed by atoms with Crippen LogP contribution in [0.4, 0.5) is 5.95 Å². The molecule has 2 aromatic carbocycles. The van der Waals surface area contributed by atoms with Crippen LogP contribution >= 0.6 is 0 Å². The maximum absolute atomic E-state index is 12.5. The predicted octanol–water partition coefficient (Wildman–Crippen LogP) is 3.41. The maximum atomic E-state index is 12.5. The lowest BCUT2D eigenvalue weighted by Crippen LogP contribution is -2.26. The van der Waals surface area contributed by atoms with E-state index in [1.807, 2.05) is 54.6 Å². The molecule has 1 N–H and O–H groups in total. The van der Waals surface area contributed by atoms with Crippen molar-refractivity contribution in [2.75, 3.05) is 26.0 Å². The topological polar surface area (TPSA) is 67.3 Å². The Labute approximate surface area is 165 Å². The Kier molecular flexibility index (Phi) is 6.57. The van der Waals surface area contributed by atoms with Gasteiger partial charge >= 0.3 is 0 Å². The first-order valence-electron chi connectivity index (χ1n) is 9.14. The van der Waals surface area contributed by atoms with Gasteiger partial charge in [-0.2, -0.15) is 0 Å². The standard InChI is InChI=1S/C22H24N4O2/c1-26(16-17-8-4-3-5-9-17)21(27)19-14-24-22(25-15-19)23-13-12-18-10-6-7-11-20(18)28-2/h3-11,14-15H,12-13,16H2,1-2H3,(H,23,24,25). The summed E-state index contributed by atoms with van der Waals surface area (Å²) in [6, 6.07) is 17.8. The van der Waals surface area contributed by atoms with Crippen molar-refractivity contribution in [2.45, 2.75) is 13.0 Å². The average Bonchev–Trinajstić information content (AvgIpc) is 2.75. The quantitative estimate of drug-likeness (QED) is 0.653. The zero-order valence-corrected chi connectivity index (χ0v) is 16.1. The molecule has 0 spiro atoms. The number of rotatable bonds is 8. The molecular weight excluding hydrogens is 352 g/mol. The number of hydrogen-bond donors (Lipinski definition) is 1. The van der Waals surface area contributed by atoms with E-state index in [9.17, 15) is 4.79 Å². The molecule has 0 aliphatic carbocycles. The van der Waals surface area contributed by atoms with E-state index >= 15 is 0 Å². The zero-order chi connectivity index (χ0) is 19.8. The molecule has 6 nitrogen and oxygen atoms in total.